The van der Waals surface area contributed by atoms with Crippen molar-refractivity contribution in [1.29, 1.82) is 0 Å². The van der Waals surface area contributed by atoms with Crippen molar-refractivity contribution >= 4 is 17.2 Å². The lowest BCUT2D eigenvalue weighted by atomic mass is 10.0. The SMILES string of the molecule is COc1ccc(-c2c(-c3ccsc3)noc2N)cc1. The van der Waals surface area contributed by atoms with Crippen molar-refractivity contribution in [2.45, 2.75) is 0 Å². The standard InChI is InChI=1S/C14H12N2O2S/c1-17-11-4-2-9(3-5-11)12-13(16-18-14(12)15)10-6-7-19-8-10/h2-8H,15H2,1H3. The van der Waals surface area contributed by atoms with Gasteiger partial charge in [-0.05, 0) is 29.1 Å². The maximum Gasteiger partial charge on any atom is 0.230 e. The lowest BCUT2D eigenvalue weighted by Crippen LogP contribution is -1.88. The lowest BCUT2D eigenvalue weighted by molar-refractivity contribution is 0.415. The Bertz CT molecular complexity index is 672. The highest BCUT2D eigenvalue weighted by atomic mass is 32.1. The van der Waals surface area contributed by atoms with Crippen LogP contribution in [0.5, 0.6) is 5.75 Å². The average molecular weight is 272 g/mol. The predicted molar refractivity (Wildman–Crippen MR) is 76.2 cm³/mol. The summed E-state index contributed by atoms with van der Waals surface area (Å²) in [7, 11) is 1.64. The van der Waals surface area contributed by atoms with Crippen molar-refractivity contribution in [2.75, 3.05) is 12.8 Å². The molecule has 2 N–H and O–H groups in total. The van der Waals surface area contributed by atoms with Gasteiger partial charge in [0.05, 0.1) is 12.7 Å². The Balaban J connectivity index is 2.11. The molecular weight excluding hydrogens is 260 g/mol. The van der Waals surface area contributed by atoms with Crippen molar-refractivity contribution in [1.82, 2.24) is 5.16 Å². The molecule has 0 amide bonds. The van der Waals surface area contributed by atoms with Gasteiger partial charge >= 0.3 is 0 Å². The van der Waals surface area contributed by atoms with Gasteiger partial charge in [0.15, 0.2) is 0 Å². The number of thiophene rings is 1. The molecule has 0 unspecified atom stereocenters. The lowest BCUT2D eigenvalue weighted by Gasteiger charge is -2.03. The van der Waals surface area contributed by atoms with Crippen LogP contribution in [0.15, 0.2) is 45.6 Å². The number of hydrogen-bond acceptors (Lipinski definition) is 5. The molecule has 0 spiro atoms. The van der Waals surface area contributed by atoms with Crippen molar-refractivity contribution < 1.29 is 9.26 Å². The molecular formula is C14H12N2O2S. The summed E-state index contributed by atoms with van der Waals surface area (Å²) in [5.41, 5.74) is 9.45. The van der Waals surface area contributed by atoms with Crippen LogP contribution < -0.4 is 10.5 Å². The fourth-order valence-electron chi connectivity index (χ4n) is 1.94. The van der Waals surface area contributed by atoms with E-state index in [0.717, 1.165) is 28.1 Å². The van der Waals surface area contributed by atoms with Gasteiger partial charge in [0.25, 0.3) is 0 Å². The molecule has 2 heterocycles. The van der Waals surface area contributed by atoms with Crippen LogP contribution in [-0.4, -0.2) is 12.3 Å². The molecule has 2 aromatic heterocycles. The van der Waals surface area contributed by atoms with Gasteiger partial charge in [-0.2, -0.15) is 11.3 Å². The number of hydrogen-bond donors (Lipinski definition) is 1. The minimum Gasteiger partial charge on any atom is -0.497 e. The molecule has 0 atom stereocenters. The molecule has 0 bridgehead atoms. The predicted octanol–water partition coefficient (Wildman–Crippen LogP) is 3.66. The van der Waals surface area contributed by atoms with E-state index in [1.807, 2.05) is 41.1 Å². The molecule has 0 saturated heterocycles. The molecule has 19 heavy (non-hydrogen) atoms. The van der Waals surface area contributed by atoms with Crippen LogP contribution in [0.1, 0.15) is 0 Å². The van der Waals surface area contributed by atoms with Crippen molar-refractivity contribution in [2.24, 2.45) is 0 Å². The molecule has 96 valence electrons. The zero-order valence-electron chi connectivity index (χ0n) is 10.3. The zero-order chi connectivity index (χ0) is 13.2. The van der Waals surface area contributed by atoms with E-state index < -0.39 is 0 Å². The van der Waals surface area contributed by atoms with Gasteiger partial charge in [-0.3, -0.25) is 0 Å². The van der Waals surface area contributed by atoms with E-state index in [4.69, 9.17) is 15.0 Å². The second kappa shape index (κ2) is 4.78. The number of anilines is 1. The van der Waals surface area contributed by atoms with E-state index in [2.05, 4.69) is 5.16 Å². The summed E-state index contributed by atoms with van der Waals surface area (Å²) in [5.74, 6) is 1.13. The van der Waals surface area contributed by atoms with Crippen LogP contribution in [0.4, 0.5) is 5.88 Å². The summed E-state index contributed by atoms with van der Waals surface area (Å²) in [6.45, 7) is 0. The number of nitrogens with two attached hydrogens (primary N) is 1. The molecule has 3 rings (SSSR count). The smallest absolute Gasteiger partial charge is 0.230 e. The quantitative estimate of drug-likeness (QED) is 0.790. The highest BCUT2D eigenvalue weighted by Crippen LogP contribution is 2.37. The Morgan fingerprint density at radius 1 is 1.16 bits per heavy atom. The first kappa shape index (κ1) is 11.8. The van der Waals surface area contributed by atoms with Crippen LogP contribution in [0.3, 0.4) is 0 Å². The van der Waals surface area contributed by atoms with E-state index in [-0.39, 0.29) is 0 Å². The minimum absolute atomic E-state index is 0.325. The Hall–Kier alpha value is -2.27. The number of methoxy groups -OCH3 is 1. The van der Waals surface area contributed by atoms with Crippen LogP contribution in [0.2, 0.25) is 0 Å². The summed E-state index contributed by atoms with van der Waals surface area (Å²) in [4.78, 5) is 0. The van der Waals surface area contributed by atoms with Gasteiger partial charge in [0.1, 0.15) is 11.4 Å². The summed E-state index contributed by atoms with van der Waals surface area (Å²) in [6, 6.07) is 9.66. The Morgan fingerprint density at radius 2 is 1.95 bits per heavy atom. The third kappa shape index (κ3) is 2.08. The minimum atomic E-state index is 0.325. The first-order valence-corrected chi connectivity index (χ1v) is 6.66. The number of nitrogens with zero attached hydrogens (tertiary/aromatic N) is 1. The fraction of sp³-hybridized carbons (Fsp3) is 0.0714. The Labute approximate surface area is 114 Å². The summed E-state index contributed by atoms with van der Waals surface area (Å²) in [6.07, 6.45) is 0. The largest absolute Gasteiger partial charge is 0.497 e. The highest BCUT2D eigenvalue weighted by Gasteiger charge is 2.17. The van der Waals surface area contributed by atoms with Gasteiger partial charge in [0, 0.05) is 10.9 Å². The van der Waals surface area contributed by atoms with Crippen molar-refractivity contribution in [3.8, 4) is 28.1 Å². The molecule has 0 aliphatic carbocycles. The van der Waals surface area contributed by atoms with E-state index >= 15 is 0 Å². The zero-order valence-corrected chi connectivity index (χ0v) is 11.1. The molecule has 0 radical (unpaired) electrons. The Kier molecular flexibility index (Phi) is 2.97. The molecule has 0 fully saturated rings. The summed E-state index contributed by atoms with van der Waals surface area (Å²) >= 11 is 1.61. The highest BCUT2D eigenvalue weighted by molar-refractivity contribution is 7.08. The second-order valence-corrected chi connectivity index (χ2v) is 4.79. The van der Waals surface area contributed by atoms with Crippen molar-refractivity contribution in [3.63, 3.8) is 0 Å². The average Bonchev–Trinajstić information content (AvgIpc) is 3.08. The van der Waals surface area contributed by atoms with Gasteiger partial charge < -0.3 is 15.0 Å². The Morgan fingerprint density at radius 3 is 2.58 bits per heavy atom. The molecule has 3 aromatic rings. The van der Waals surface area contributed by atoms with Crippen LogP contribution in [0.25, 0.3) is 22.4 Å². The first-order chi connectivity index (χ1) is 9.29. The second-order valence-electron chi connectivity index (χ2n) is 4.01. The van der Waals surface area contributed by atoms with E-state index in [0.29, 0.717) is 5.88 Å². The molecule has 0 aliphatic heterocycles. The summed E-state index contributed by atoms with van der Waals surface area (Å²) < 4.78 is 10.3. The molecule has 0 saturated carbocycles. The van der Waals surface area contributed by atoms with Crippen LogP contribution in [0, 0.1) is 0 Å². The van der Waals surface area contributed by atoms with Gasteiger partial charge in [-0.25, -0.2) is 0 Å². The van der Waals surface area contributed by atoms with Gasteiger partial charge in [0.2, 0.25) is 5.88 Å². The van der Waals surface area contributed by atoms with Crippen molar-refractivity contribution in [3.05, 3.63) is 41.1 Å². The van der Waals surface area contributed by atoms with Gasteiger partial charge in [-0.1, -0.05) is 17.3 Å². The summed E-state index contributed by atoms with van der Waals surface area (Å²) in [5, 5.41) is 8.07. The third-order valence-electron chi connectivity index (χ3n) is 2.89. The fourth-order valence-corrected chi connectivity index (χ4v) is 2.58. The molecule has 0 aliphatic rings. The number of aromatic nitrogens is 1. The van der Waals surface area contributed by atoms with E-state index in [1.54, 1.807) is 18.4 Å². The van der Waals surface area contributed by atoms with Gasteiger partial charge in [-0.15, -0.1) is 0 Å². The number of ether oxygens (including phenoxy) is 1. The molecule has 1 aromatic carbocycles. The molecule has 4 nitrogen and oxygen atoms in total. The van der Waals surface area contributed by atoms with Crippen LogP contribution in [-0.2, 0) is 0 Å². The van der Waals surface area contributed by atoms with E-state index in [1.165, 1.54) is 0 Å². The number of nitrogen functional groups attached to an aromatic ring is 1. The first-order valence-electron chi connectivity index (χ1n) is 5.71. The molecule has 5 heteroatoms. The van der Waals surface area contributed by atoms with Crippen LogP contribution >= 0.6 is 11.3 Å². The number of rotatable bonds is 3. The normalized spacial score (nSPS) is 10.6. The monoisotopic (exact) mass is 272 g/mol. The number of benzene rings is 1. The third-order valence-corrected chi connectivity index (χ3v) is 3.58. The van der Waals surface area contributed by atoms with E-state index in [9.17, 15) is 0 Å². The maximum absolute atomic E-state index is 5.89. The topological polar surface area (TPSA) is 61.3 Å². The maximum atomic E-state index is 5.89.